The molecule has 0 bridgehead atoms. The van der Waals surface area contributed by atoms with Crippen molar-refractivity contribution >= 4 is 27.7 Å². The highest BCUT2D eigenvalue weighted by atomic mass is 79.9. The number of ether oxygens (including phenoxy) is 2. The minimum atomic E-state index is 0.630. The number of methoxy groups -OCH3 is 1. The average Bonchev–Trinajstić information content (AvgIpc) is 2.94. The zero-order valence-corrected chi connectivity index (χ0v) is 14.5. The largest absolute Gasteiger partial charge is 0.493 e. The van der Waals surface area contributed by atoms with E-state index >= 15 is 0 Å². The van der Waals surface area contributed by atoms with Crippen LogP contribution < -0.4 is 14.8 Å². The van der Waals surface area contributed by atoms with Gasteiger partial charge in [-0.1, -0.05) is 0 Å². The fourth-order valence-corrected chi connectivity index (χ4v) is 4.18. The third-order valence-electron chi connectivity index (χ3n) is 3.30. The molecule has 0 radical (unpaired) electrons. The molecular weight excluding hydrogens is 338 g/mol. The molecule has 3 nitrogen and oxygen atoms in total. The van der Waals surface area contributed by atoms with Gasteiger partial charge < -0.3 is 14.8 Å². The maximum absolute atomic E-state index is 5.60. The first-order valence-electron chi connectivity index (χ1n) is 7.06. The predicted molar refractivity (Wildman–Crippen MR) is 89.0 cm³/mol. The van der Waals surface area contributed by atoms with Gasteiger partial charge in [0.25, 0.3) is 0 Å². The summed E-state index contributed by atoms with van der Waals surface area (Å²) >= 11 is 5.64. The normalized spacial score (nSPS) is 18.2. The van der Waals surface area contributed by atoms with E-state index in [4.69, 9.17) is 9.47 Å². The highest BCUT2D eigenvalue weighted by Gasteiger charge is 2.15. The van der Waals surface area contributed by atoms with Gasteiger partial charge >= 0.3 is 0 Å². The minimum absolute atomic E-state index is 0.630. The lowest BCUT2D eigenvalue weighted by molar-refractivity contribution is 0.308. The van der Waals surface area contributed by atoms with Gasteiger partial charge in [-0.2, -0.15) is 11.8 Å². The first-order valence-corrected chi connectivity index (χ1v) is 8.90. The molecule has 0 aromatic heterocycles. The summed E-state index contributed by atoms with van der Waals surface area (Å²) in [5, 5.41) is 4.32. The maximum Gasteiger partial charge on any atom is 0.175 e. The van der Waals surface area contributed by atoms with Crippen LogP contribution in [0.5, 0.6) is 11.5 Å². The molecule has 2 rings (SSSR count). The van der Waals surface area contributed by atoms with Gasteiger partial charge in [-0.15, -0.1) is 0 Å². The van der Waals surface area contributed by atoms with Gasteiger partial charge in [0.05, 0.1) is 18.2 Å². The van der Waals surface area contributed by atoms with Gasteiger partial charge in [0.15, 0.2) is 11.5 Å². The molecule has 1 aromatic rings. The lowest BCUT2D eigenvalue weighted by atomic mass is 10.2. The second kappa shape index (κ2) is 8.15. The molecule has 1 atom stereocenters. The van der Waals surface area contributed by atoms with E-state index < -0.39 is 0 Å². The topological polar surface area (TPSA) is 30.5 Å². The van der Waals surface area contributed by atoms with Crippen LogP contribution in [0.25, 0.3) is 0 Å². The minimum Gasteiger partial charge on any atom is -0.493 e. The van der Waals surface area contributed by atoms with Crippen molar-refractivity contribution in [3.63, 3.8) is 0 Å². The van der Waals surface area contributed by atoms with E-state index in [9.17, 15) is 0 Å². The smallest absolute Gasteiger partial charge is 0.175 e. The molecule has 1 aliphatic rings. The number of hydrogen-bond donors (Lipinski definition) is 1. The Labute approximate surface area is 133 Å². The first kappa shape index (κ1) is 16.0. The fourth-order valence-electron chi connectivity index (χ4n) is 2.34. The molecule has 5 heteroatoms. The van der Waals surface area contributed by atoms with Crippen molar-refractivity contribution in [3.8, 4) is 11.5 Å². The number of thioether (sulfide) groups is 1. The monoisotopic (exact) mass is 359 g/mol. The van der Waals surface area contributed by atoms with Crippen molar-refractivity contribution in [2.24, 2.45) is 0 Å². The SMILES string of the molecule is CCOc1c(Br)cc(CNCC2CCCS2)cc1OC. The van der Waals surface area contributed by atoms with E-state index in [1.54, 1.807) is 7.11 Å². The van der Waals surface area contributed by atoms with E-state index in [0.29, 0.717) is 6.61 Å². The van der Waals surface area contributed by atoms with E-state index in [1.165, 1.54) is 24.2 Å². The number of nitrogens with one attached hydrogen (secondary N) is 1. The number of rotatable bonds is 7. The quantitative estimate of drug-likeness (QED) is 0.800. The van der Waals surface area contributed by atoms with Crippen molar-refractivity contribution in [1.29, 1.82) is 0 Å². The molecule has 1 unspecified atom stereocenters. The van der Waals surface area contributed by atoms with Crippen LogP contribution in [0, 0.1) is 0 Å². The molecule has 1 fully saturated rings. The summed E-state index contributed by atoms with van der Waals surface area (Å²) in [7, 11) is 1.68. The van der Waals surface area contributed by atoms with E-state index in [0.717, 1.165) is 34.3 Å². The molecule has 1 aromatic carbocycles. The number of halogens is 1. The zero-order valence-electron chi connectivity index (χ0n) is 12.1. The van der Waals surface area contributed by atoms with Crippen molar-refractivity contribution in [1.82, 2.24) is 5.32 Å². The van der Waals surface area contributed by atoms with Gasteiger partial charge in [-0.25, -0.2) is 0 Å². The van der Waals surface area contributed by atoms with Gasteiger partial charge in [-0.05, 0) is 59.1 Å². The molecule has 112 valence electrons. The van der Waals surface area contributed by atoms with Crippen LogP contribution in [0.15, 0.2) is 16.6 Å². The van der Waals surface area contributed by atoms with Gasteiger partial charge in [0.1, 0.15) is 0 Å². The highest BCUT2D eigenvalue weighted by Crippen LogP contribution is 2.36. The van der Waals surface area contributed by atoms with E-state index in [-0.39, 0.29) is 0 Å². The van der Waals surface area contributed by atoms with Crippen LogP contribution >= 0.6 is 27.7 Å². The molecule has 0 spiro atoms. The summed E-state index contributed by atoms with van der Waals surface area (Å²) < 4.78 is 12.0. The molecule has 1 heterocycles. The number of benzene rings is 1. The Balaban J connectivity index is 1.95. The Morgan fingerprint density at radius 1 is 1.45 bits per heavy atom. The molecule has 1 N–H and O–H groups in total. The number of hydrogen-bond acceptors (Lipinski definition) is 4. The Hall–Kier alpha value is -0.390. The summed E-state index contributed by atoms with van der Waals surface area (Å²) in [4.78, 5) is 0. The van der Waals surface area contributed by atoms with Crippen LogP contribution in [0.1, 0.15) is 25.3 Å². The fraction of sp³-hybridized carbons (Fsp3) is 0.600. The average molecular weight is 360 g/mol. The summed E-state index contributed by atoms with van der Waals surface area (Å²) in [6.07, 6.45) is 2.70. The van der Waals surface area contributed by atoms with Crippen molar-refractivity contribution in [2.75, 3.05) is 26.0 Å². The Morgan fingerprint density at radius 3 is 2.95 bits per heavy atom. The second-order valence-electron chi connectivity index (χ2n) is 4.81. The summed E-state index contributed by atoms with van der Waals surface area (Å²) in [5.41, 5.74) is 1.21. The maximum atomic E-state index is 5.60. The summed E-state index contributed by atoms with van der Waals surface area (Å²) in [5.74, 6) is 2.88. The van der Waals surface area contributed by atoms with Crippen LogP contribution in [0.3, 0.4) is 0 Å². The molecular formula is C15H22BrNO2S. The molecule has 20 heavy (non-hydrogen) atoms. The lowest BCUT2D eigenvalue weighted by Gasteiger charge is -2.14. The predicted octanol–water partition coefficient (Wildman–Crippen LogP) is 3.84. The van der Waals surface area contributed by atoms with Gasteiger partial charge in [-0.3, -0.25) is 0 Å². The summed E-state index contributed by atoms with van der Waals surface area (Å²) in [6.45, 7) is 4.54. The van der Waals surface area contributed by atoms with E-state index in [1.807, 2.05) is 13.0 Å². The molecule has 1 aliphatic heterocycles. The van der Waals surface area contributed by atoms with Gasteiger partial charge in [0.2, 0.25) is 0 Å². The molecule has 0 saturated carbocycles. The van der Waals surface area contributed by atoms with Crippen molar-refractivity contribution < 1.29 is 9.47 Å². The Bertz CT molecular complexity index is 436. The van der Waals surface area contributed by atoms with E-state index in [2.05, 4.69) is 39.1 Å². The second-order valence-corrected chi connectivity index (χ2v) is 7.07. The molecule has 0 aliphatic carbocycles. The zero-order chi connectivity index (χ0) is 14.4. The van der Waals surface area contributed by atoms with Gasteiger partial charge in [0, 0.05) is 18.3 Å². The lowest BCUT2D eigenvalue weighted by Crippen LogP contribution is -2.22. The van der Waals surface area contributed by atoms with Crippen LogP contribution in [-0.4, -0.2) is 31.3 Å². The summed E-state index contributed by atoms with van der Waals surface area (Å²) in [6, 6.07) is 4.15. The van der Waals surface area contributed by atoms with Crippen LogP contribution in [-0.2, 0) is 6.54 Å². The highest BCUT2D eigenvalue weighted by molar-refractivity contribution is 9.10. The molecule has 1 saturated heterocycles. The van der Waals surface area contributed by atoms with Crippen LogP contribution in [0.4, 0.5) is 0 Å². The van der Waals surface area contributed by atoms with Crippen molar-refractivity contribution in [3.05, 3.63) is 22.2 Å². The third-order valence-corrected chi connectivity index (χ3v) is 5.29. The van der Waals surface area contributed by atoms with Crippen molar-refractivity contribution in [2.45, 2.75) is 31.6 Å². The molecule has 0 amide bonds. The Kier molecular flexibility index (Phi) is 6.52. The first-order chi connectivity index (χ1) is 9.74. The third kappa shape index (κ3) is 4.30. The Morgan fingerprint density at radius 2 is 2.30 bits per heavy atom. The van der Waals surface area contributed by atoms with Crippen LogP contribution in [0.2, 0.25) is 0 Å². The standard InChI is InChI=1S/C15H22BrNO2S/c1-3-19-15-13(16)7-11(8-14(15)18-2)9-17-10-12-5-4-6-20-12/h7-8,12,17H,3-6,9-10H2,1-2H3.